The van der Waals surface area contributed by atoms with Crippen molar-refractivity contribution in [2.75, 3.05) is 31.5 Å². The lowest BCUT2D eigenvalue weighted by molar-refractivity contribution is -0.144. The van der Waals surface area contributed by atoms with Gasteiger partial charge in [0, 0.05) is 73.1 Å². The number of nitrogens with one attached hydrogen (secondary N) is 2. The van der Waals surface area contributed by atoms with E-state index in [1.807, 2.05) is 18.7 Å². The Kier molecular flexibility index (Phi) is 7.17. The van der Waals surface area contributed by atoms with Gasteiger partial charge in [-0.05, 0) is 32.0 Å². The molecular weight excluding hydrogens is 454 g/mol. The SMILES string of the molecule is Cc1noc(C)c1CN1CCN(C(C(=O)O)c2c[nH]c3ccc(NC(=O)CCC(=O)O)cc23)CC1. The number of hydrogen-bond donors (Lipinski definition) is 4. The maximum Gasteiger partial charge on any atom is 0.325 e. The van der Waals surface area contributed by atoms with E-state index in [-0.39, 0.29) is 12.8 Å². The zero-order valence-electron chi connectivity index (χ0n) is 19.7. The average Bonchev–Trinajstić information content (AvgIpc) is 3.37. The monoisotopic (exact) mass is 483 g/mol. The highest BCUT2D eigenvalue weighted by Crippen LogP contribution is 2.31. The zero-order chi connectivity index (χ0) is 25.1. The molecule has 1 atom stereocenters. The number of carboxylic acid groups (broad SMARTS) is 2. The van der Waals surface area contributed by atoms with Crippen LogP contribution in [0, 0.1) is 13.8 Å². The van der Waals surface area contributed by atoms with Crippen molar-refractivity contribution in [2.45, 2.75) is 39.3 Å². The maximum absolute atomic E-state index is 12.4. The summed E-state index contributed by atoms with van der Waals surface area (Å²) >= 11 is 0. The number of carboxylic acids is 2. The van der Waals surface area contributed by atoms with Crippen LogP contribution in [0.1, 0.15) is 41.5 Å². The first-order chi connectivity index (χ1) is 16.7. The Morgan fingerprint density at radius 1 is 1.14 bits per heavy atom. The van der Waals surface area contributed by atoms with Crippen LogP contribution in [-0.4, -0.2) is 74.2 Å². The van der Waals surface area contributed by atoms with E-state index >= 15 is 0 Å². The van der Waals surface area contributed by atoms with Crippen molar-refractivity contribution >= 4 is 34.4 Å². The molecule has 1 unspecified atom stereocenters. The van der Waals surface area contributed by atoms with E-state index in [2.05, 4.69) is 20.4 Å². The maximum atomic E-state index is 12.4. The number of aromatic amines is 1. The normalized spacial score (nSPS) is 15.8. The summed E-state index contributed by atoms with van der Waals surface area (Å²) in [5.74, 6) is -1.59. The lowest BCUT2D eigenvalue weighted by Gasteiger charge is -2.37. The van der Waals surface area contributed by atoms with Gasteiger partial charge in [0.15, 0.2) is 0 Å². The predicted octanol–water partition coefficient (Wildman–Crippen LogP) is 2.52. The van der Waals surface area contributed by atoms with Gasteiger partial charge in [-0.15, -0.1) is 0 Å². The molecule has 1 fully saturated rings. The van der Waals surface area contributed by atoms with Crippen LogP contribution in [0.2, 0.25) is 0 Å². The molecule has 0 aliphatic carbocycles. The van der Waals surface area contributed by atoms with E-state index in [1.165, 1.54) is 0 Å². The fourth-order valence-corrected chi connectivity index (χ4v) is 4.51. The predicted molar refractivity (Wildman–Crippen MR) is 127 cm³/mol. The second kappa shape index (κ2) is 10.3. The lowest BCUT2D eigenvalue weighted by atomic mass is 10.0. The van der Waals surface area contributed by atoms with Gasteiger partial charge >= 0.3 is 11.9 Å². The topological polar surface area (TPSA) is 152 Å². The molecule has 186 valence electrons. The third kappa shape index (κ3) is 5.52. The number of H-pyrrole nitrogens is 1. The lowest BCUT2D eigenvalue weighted by Crippen LogP contribution is -2.48. The summed E-state index contributed by atoms with van der Waals surface area (Å²) in [5, 5.41) is 26.3. The van der Waals surface area contributed by atoms with Crippen molar-refractivity contribution in [1.82, 2.24) is 19.9 Å². The summed E-state index contributed by atoms with van der Waals surface area (Å²) in [5.41, 5.74) is 3.81. The van der Waals surface area contributed by atoms with Gasteiger partial charge in [-0.1, -0.05) is 5.16 Å². The summed E-state index contributed by atoms with van der Waals surface area (Å²) in [6.45, 7) is 7.11. The molecule has 1 aliphatic rings. The summed E-state index contributed by atoms with van der Waals surface area (Å²) < 4.78 is 5.25. The molecule has 11 heteroatoms. The molecule has 1 aliphatic heterocycles. The fraction of sp³-hybridized carbons (Fsp3) is 0.417. The molecule has 1 saturated heterocycles. The number of benzene rings is 1. The Bertz CT molecular complexity index is 1220. The minimum atomic E-state index is -1.04. The Labute approximate surface area is 201 Å². The van der Waals surface area contributed by atoms with Gasteiger partial charge < -0.3 is 25.0 Å². The van der Waals surface area contributed by atoms with E-state index in [4.69, 9.17) is 9.63 Å². The van der Waals surface area contributed by atoms with Crippen molar-refractivity contribution in [2.24, 2.45) is 0 Å². The Morgan fingerprint density at radius 2 is 1.89 bits per heavy atom. The summed E-state index contributed by atoms with van der Waals surface area (Å²) in [6.07, 6.45) is 1.31. The Hall–Kier alpha value is -3.70. The van der Waals surface area contributed by atoms with E-state index in [1.54, 1.807) is 24.4 Å². The van der Waals surface area contributed by atoms with Crippen molar-refractivity contribution in [3.63, 3.8) is 0 Å². The smallest absolute Gasteiger partial charge is 0.325 e. The van der Waals surface area contributed by atoms with Crippen LogP contribution in [0.5, 0.6) is 0 Å². The highest BCUT2D eigenvalue weighted by Gasteiger charge is 2.32. The van der Waals surface area contributed by atoms with E-state index in [0.29, 0.717) is 49.4 Å². The molecule has 0 radical (unpaired) electrons. The van der Waals surface area contributed by atoms with Crippen LogP contribution < -0.4 is 5.32 Å². The number of aromatic nitrogens is 2. The van der Waals surface area contributed by atoms with Crippen LogP contribution >= 0.6 is 0 Å². The zero-order valence-corrected chi connectivity index (χ0v) is 19.7. The van der Waals surface area contributed by atoms with Crippen LogP contribution in [0.15, 0.2) is 28.9 Å². The number of amides is 1. The first-order valence-corrected chi connectivity index (χ1v) is 11.5. The average molecular weight is 484 g/mol. The Balaban J connectivity index is 1.48. The fourth-order valence-electron chi connectivity index (χ4n) is 4.51. The van der Waals surface area contributed by atoms with E-state index < -0.39 is 23.9 Å². The van der Waals surface area contributed by atoms with Crippen molar-refractivity contribution in [3.8, 4) is 0 Å². The van der Waals surface area contributed by atoms with Crippen LogP contribution in [0.25, 0.3) is 10.9 Å². The minimum Gasteiger partial charge on any atom is -0.481 e. The number of rotatable bonds is 9. The van der Waals surface area contributed by atoms with Crippen LogP contribution in [0.4, 0.5) is 5.69 Å². The Morgan fingerprint density at radius 3 is 2.51 bits per heavy atom. The van der Waals surface area contributed by atoms with Crippen LogP contribution in [0.3, 0.4) is 0 Å². The van der Waals surface area contributed by atoms with Gasteiger partial charge in [-0.3, -0.25) is 24.2 Å². The van der Waals surface area contributed by atoms with E-state index in [9.17, 15) is 19.5 Å². The number of carbonyl (C=O) groups excluding carboxylic acids is 1. The van der Waals surface area contributed by atoms with Gasteiger partial charge in [0.25, 0.3) is 0 Å². The summed E-state index contributed by atoms with van der Waals surface area (Å²) in [7, 11) is 0. The number of anilines is 1. The first-order valence-electron chi connectivity index (χ1n) is 11.5. The summed E-state index contributed by atoms with van der Waals surface area (Å²) in [6, 6.07) is 4.35. The van der Waals surface area contributed by atoms with Gasteiger partial charge in [-0.25, -0.2) is 0 Å². The number of hydrogen-bond acceptors (Lipinski definition) is 7. The molecule has 0 saturated carbocycles. The second-order valence-corrected chi connectivity index (χ2v) is 8.80. The molecule has 4 N–H and O–H groups in total. The molecule has 11 nitrogen and oxygen atoms in total. The molecule has 0 spiro atoms. The highest BCUT2D eigenvalue weighted by molar-refractivity contribution is 5.96. The van der Waals surface area contributed by atoms with E-state index in [0.717, 1.165) is 22.5 Å². The number of fused-ring (bicyclic) bond motifs is 1. The summed E-state index contributed by atoms with van der Waals surface area (Å²) in [4.78, 5) is 42.5. The third-order valence-corrected chi connectivity index (χ3v) is 6.43. The van der Waals surface area contributed by atoms with Gasteiger partial charge in [-0.2, -0.15) is 0 Å². The number of aliphatic carboxylic acids is 2. The number of carbonyl (C=O) groups is 3. The molecule has 3 aromatic rings. The number of aryl methyl sites for hydroxylation is 2. The molecule has 35 heavy (non-hydrogen) atoms. The molecule has 4 rings (SSSR count). The molecular formula is C24H29N5O6. The third-order valence-electron chi connectivity index (χ3n) is 6.43. The molecule has 3 heterocycles. The molecule has 1 aromatic carbocycles. The van der Waals surface area contributed by atoms with Crippen molar-refractivity contribution in [1.29, 1.82) is 0 Å². The number of nitrogens with zero attached hydrogens (tertiary/aromatic N) is 3. The largest absolute Gasteiger partial charge is 0.481 e. The molecule has 2 aromatic heterocycles. The minimum absolute atomic E-state index is 0.136. The standard InChI is InChI=1S/C24H29N5O6/c1-14-19(15(2)35-27-14)13-28-7-9-29(10-8-28)23(24(33)34)18-12-25-20-4-3-16(11-17(18)20)26-21(30)5-6-22(31)32/h3-4,11-12,23,25H,5-10,13H2,1-2H3,(H,26,30)(H,31,32)(H,33,34). The molecule has 1 amide bonds. The van der Waals surface area contributed by atoms with Crippen LogP contribution in [-0.2, 0) is 20.9 Å². The quantitative estimate of drug-likeness (QED) is 0.360. The van der Waals surface area contributed by atoms with Gasteiger partial charge in [0.2, 0.25) is 5.91 Å². The van der Waals surface area contributed by atoms with Gasteiger partial charge in [0.1, 0.15) is 11.8 Å². The molecule has 0 bridgehead atoms. The highest BCUT2D eigenvalue weighted by atomic mass is 16.5. The second-order valence-electron chi connectivity index (χ2n) is 8.80. The van der Waals surface area contributed by atoms with Crippen molar-refractivity contribution < 1.29 is 29.1 Å². The first kappa shape index (κ1) is 24.4. The number of piperazine rings is 1. The van der Waals surface area contributed by atoms with Gasteiger partial charge in [0.05, 0.1) is 12.1 Å². The van der Waals surface area contributed by atoms with Crippen molar-refractivity contribution in [3.05, 3.63) is 47.0 Å².